The van der Waals surface area contributed by atoms with E-state index in [0.717, 1.165) is 22.6 Å². The largest absolute Gasteiger partial charge is 0.351 e. The van der Waals surface area contributed by atoms with Crippen LogP contribution >= 0.6 is 35.3 Å². The average Bonchev–Trinajstić information content (AvgIpc) is 3.24. The molecule has 4 saturated carbocycles. The third-order valence-corrected chi connectivity index (χ3v) is 9.12. The summed E-state index contributed by atoms with van der Waals surface area (Å²) in [6.07, 6.45) is 10.7. The van der Waals surface area contributed by atoms with E-state index in [1.165, 1.54) is 50.3 Å². The van der Waals surface area contributed by atoms with Crippen LogP contribution in [-0.2, 0) is 9.59 Å². The van der Waals surface area contributed by atoms with Gasteiger partial charge in [-0.3, -0.25) is 14.5 Å². The van der Waals surface area contributed by atoms with Crippen molar-refractivity contribution in [3.05, 3.63) is 27.3 Å². The normalized spacial score (nSPS) is 34.4. The minimum absolute atomic E-state index is 0.0325. The monoisotopic (exact) mass is 446 g/mol. The molecule has 7 heteroatoms. The summed E-state index contributed by atoms with van der Waals surface area (Å²) in [5.41, 5.74) is 0.0665. The molecular formula is C22H26N2O2S3. The summed E-state index contributed by atoms with van der Waals surface area (Å²) in [5, 5.41) is 5.42. The summed E-state index contributed by atoms with van der Waals surface area (Å²) in [4.78, 5) is 28.7. The highest BCUT2D eigenvalue weighted by Crippen LogP contribution is 2.55. The first-order valence-electron chi connectivity index (χ1n) is 10.6. The fraction of sp³-hybridized carbons (Fsp3) is 0.591. The fourth-order valence-electron chi connectivity index (χ4n) is 6.22. The highest BCUT2D eigenvalue weighted by molar-refractivity contribution is 8.26. The number of nitrogens with one attached hydrogen (secondary N) is 1. The van der Waals surface area contributed by atoms with Gasteiger partial charge in [-0.15, -0.1) is 11.3 Å². The lowest BCUT2D eigenvalue weighted by molar-refractivity contribution is -0.127. The second kappa shape index (κ2) is 7.82. The highest BCUT2D eigenvalue weighted by Gasteiger charge is 2.51. The summed E-state index contributed by atoms with van der Waals surface area (Å²) < 4.78 is 0.597. The van der Waals surface area contributed by atoms with Crippen LogP contribution in [0, 0.1) is 17.8 Å². The van der Waals surface area contributed by atoms with Crippen molar-refractivity contribution >= 4 is 57.5 Å². The van der Waals surface area contributed by atoms with Gasteiger partial charge in [-0.2, -0.15) is 0 Å². The predicted molar refractivity (Wildman–Crippen MR) is 122 cm³/mol. The Morgan fingerprint density at radius 1 is 1.24 bits per heavy atom. The van der Waals surface area contributed by atoms with Crippen LogP contribution in [0.5, 0.6) is 0 Å². The molecule has 4 nitrogen and oxygen atoms in total. The Kier molecular flexibility index (Phi) is 5.33. The molecule has 5 aliphatic rings. The van der Waals surface area contributed by atoms with Gasteiger partial charge >= 0.3 is 0 Å². The SMILES string of the molecule is O=C(CCCN1C(=O)/C(=C/c2cccs2)SC1=S)NC12CC3CC(CC(C3)C1)C2. The summed E-state index contributed by atoms with van der Waals surface area (Å²) in [7, 11) is 0. The van der Waals surface area contributed by atoms with E-state index in [2.05, 4.69) is 5.32 Å². The van der Waals surface area contributed by atoms with Crippen molar-refractivity contribution in [2.75, 3.05) is 6.54 Å². The molecular weight excluding hydrogens is 420 g/mol. The molecule has 1 aromatic rings. The molecule has 0 spiro atoms. The molecule has 2 heterocycles. The van der Waals surface area contributed by atoms with Gasteiger partial charge in [0.25, 0.3) is 5.91 Å². The van der Waals surface area contributed by atoms with Crippen molar-refractivity contribution in [3.63, 3.8) is 0 Å². The lowest BCUT2D eigenvalue weighted by atomic mass is 9.53. The fourth-order valence-corrected chi connectivity index (χ4v) is 8.25. The third-order valence-electron chi connectivity index (χ3n) is 6.92. The molecule has 6 rings (SSSR count). The molecule has 154 valence electrons. The Bertz CT molecular complexity index is 826. The minimum atomic E-state index is -0.0325. The first-order valence-corrected chi connectivity index (χ1v) is 12.7. The Balaban J connectivity index is 1.13. The van der Waals surface area contributed by atoms with E-state index in [1.807, 2.05) is 23.6 Å². The molecule has 0 radical (unpaired) electrons. The minimum Gasteiger partial charge on any atom is -0.351 e. The van der Waals surface area contributed by atoms with Crippen molar-refractivity contribution in [3.8, 4) is 0 Å². The van der Waals surface area contributed by atoms with E-state index in [9.17, 15) is 9.59 Å². The molecule has 4 aliphatic carbocycles. The van der Waals surface area contributed by atoms with Gasteiger partial charge in [0.15, 0.2) is 0 Å². The number of amides is 2. The zero-order chi connectivity index (χ0) is 20.0. The van der Waals surface area contributed by atoms with Gasteiger partial charge in [0.1, 0.15) is 4.32 Å². The van der Waals surface area contributed by atoms with E-state index >= 15 is 0 Å². The number of thiocarbonyl (C=S) groups is 1. The molecule has 4 bridgehead atoms. The van der Waals surface area contributed by atoms with Gasteiger partial charge in [-0.05, 0) is 80.2 Å². The van der Waals surface area contributed by atoms with E-state index < -0.39 is 0 Å². The van der Waals surface area contributed by atoms with Crippen LogP contribution in [0.4, 0.5) is 0 Å². The van der Waals surface area contributed by atoms with Gasteiger partial charge in [0.05, 0.1) is 4.91 Å². The second-order valence-corrected chi connectivity index (χ2v) is 11.9. The van der Waals surface area contributed by atoms with Crippen LogP contribution in [0.25, 0.3) is 6.08 Å². The zero-order valence-corrected chi connectivity index (χ0v) is 18.8. The number of carbonyl (C=O) groups excluding carboxylic acids is 2. The maximum atomic E-state index is 12.7. The quantitative estimate of drug-likeness (QED) is 0.503. The topological polar surface area (TPSA) is 49.4 Å². The van der Waals surface area contributed by atoms with Gasteiger partial charge in [0.2, 0.25) is 5.91 Å². The van der Waals surface area contributed by atoms with Crippen molar-refractivity contribution in [2.45, 2.75) is 56.9 Å². The zero-order valence-electron chi connectivity index (χ0n) is 16.4. The first-order chi connectivity index (χ1) is 14.0. The van der Waals surface area contributed by atoms with Gasteiger partial charge < -0.3 is 5.32 Å². The van der Waals surface area contributed by atoms with Crippen LogP contribution < -0.4 is 5.32 Å². The molecule has 1 aromatic heterocycles. The number of thiophene rings is 1. The molecule has 1 saturated heterocycles. The summed E-state index contributed by atoms with van der Waals surface area (Å²) in [6.45, 7) is 0.515. The summed E-state index contributed by atoms with van der Waals surface area (Å²) >= 11 is 8.37. The van der Waals surface area contributed by atoms with Crippen molar-refractivity contribution in [1.82, 2.24) is 10.2 Å². The Morgan fingerprint density at radius 2 is 1.93 bits per heavy atom. The Labute approximate surface area is 185 Å². The lowest BCUT2D eigenvalue weighted by Gasteiger charge is -2.56. The number of rotatable bonds is 6. The Morgan fingerprint density at radius 3 is 2.55 bits per heavy atom. The molecule has 1 aliphatic heterocycles. The number of hydrogen-bond acceptors (Lipinski definition) is 5. The van der Waals surface area contributed by atoms with E-state index in [0.29, 0.717) is 28.6 Å². The highest BCUT2D eigenvalue weighted by atomic mass is 32.2. The van der Waals surface area contributed by atoms with Gasteiger partial charge in [-0.1, -0.05) is 30.0 Å². The van der Waals surface area contributed by atoms with E-state index in [4.69, 9.17) is 12.2 Å². The smallest absolute Gasteiger partial charge is 0.266 e. The molecule has 0 aromatic carbocycles. The second-order valence-electron chi connectivity index (χ2n) is 9.20. The molecule has 29 heavy (non-hydrogen) atoms. The van der Waals surface area contributed by atoms with Crippen LogP contribution in [0.15, 0.2) is 22.4 Å². The van der Waals surface area contributed by atoms with Gasteiger partial charge in [0, 0.05) is 23.4 Å². The summed E-state index contributed by atoms with van der Waals surface area (Å²) in [5.74, 6) is 2.59. The molecule has 0 unspecified atom stereocenters. The summed E-state index contributed by atoms with van der Waals surface area (Å²) in [6, 6.07) is 3.96. The average molecular weight is 447 g/mol. The molecule has 2 amide bonds. The first kappa shape index (κ1) is 19.8. The number of nitrogens with zero attached hydrogens (tertiary/aromatic N) is 1. The molecule has 0 atom stereocenters. The number of carbonyl (C=O) groups is 2. The standard InChI is InChI=1S/C22H26N2O2S3/c25-19(23-22-11-14-7-15(12-22)9-16(8-14)13-22)4-1-5-24-20(26)18(29-21(24)27)10-17-3-2-6-28-17/h2-3,6,10,14-16H,1,4-5,7-9,11-13H2,(H,23,25)/b18-10-. The van der Waals surface area contributed by atoms with Crippen LogP contribution in [0.2, 0.25) is 0 Å². The van der Waals surface area contributed by atoms with Gasteiger partial charge in [-0.25, -0.2) is 0 Å². The van der Waals surface area contributed by atoms with Crippen molar-refractivity contribution in [1.29, 1.82) is 0 Å². The van der Waals surface area contributed by atoms with E-state index in [-0.39, 0.29) is 17.4 Å². The number of hydrogen-bond donors (Lipinski definition) is 1. The van der Waals surface area contributed by atoms with E-state index in [1.54, 1.807) is 16.2 Å². The number of thioether (sulfide) groups is 1. The van der Waals surface area contributed by atoms with Crippen LogP contribution in [-0.4, -0.2) is 33.1 Å². The molecule has 5 fully saturated rings. The predicted octanol–water partition coefficient (Wildman–Crippen LogP) is 4.81. The van der Waals surface area contributed by atoms with Crippen LogP contribution in [0.1, 0.15) is 56.2 Å². The third kappa shape index (κ3) is 4.06. The maximum absolute atomic E-state index is 12.7. The lowest BCUT2D eigenvalue weighted by Crippen LogP contribution is -2.59. The van der Waals surface area contributed by atoms with Crippen molar-refractivity contribution in [2.24, 2.45) is 17.8 Å². The van der Waals surface area contributed by atoms with Crippen LogP contribution in [0.3, 0.4) is 0 Å². The van der Waals surface area contributed by atoms with Crippen molar-refractivity contribution < 1.29 is 9.59 Å². The Hall–Kier alpha value is -1.18. The molecule has 1 N–H and O–H groups in total. The maximum Gasteiger partial charge on any atom is 0.266 e.